The summed E-state index contributed by atoms with van der Waals surface area (Å²) in [4.78, 5) is 12.0. The highest BCUT2D eigenvalue weighted by atomic mass is 32.2. The van der Waals surface area contributed by atoms with E-state index in [9.17, 15) is 13.2 Å². The van der Waals surface area contributed by atoms with Crippen LogP contribution in [0.5, 0.6) is 5.75 Å². The highest BCUT2D eigenvalue weighted by Crippen LogP contribution is 2.31. The van der Waals surface area contributed by atoms with Gasteiger partial charge in [0.1, 0.15) is 12.4 Å². The van der Waals surface area contributed by atoms with E-state index in [1.807, 2.05) is 0 Å². The Hall–Kier alpha value is -2.08. The summed E-state index contributed by atoms with van der Waals surface area (Å²) in [6.07, 6.45) is 2.78. The third-order valence-electron chi connectivity index (χ3n) is 4.63. The quantitative estimate of drug-likeness (QED) is 0.445. The molecule has 1 saturated carbocycles. The summed E-state index contributed by atoms with van der Waals surface area (Å²) in [5.74, 6) is 4.90. The van der Waals surface area contributed by atoms with E-state index >= 15 is 0 Å². The van der Waals surface area contributed by atoms with E-state index in [2.05, 4.69) is 11.8 Å². The van der Waals surface area contributed by atoms with Crippen molar-refractivity contribution in [1.29, 1.82) is 0 Å². The molecule has 0 radical (unpaired) electrons. The van der Waals surface area contributed by atoms with Gasteiger partial charge >= 0.3 is 0 Å². The van der Waals surface area contributed by atoms with E-state index in [1.165, 1.54) is 23.5 Å². The lowest BCUT2D eigenvalue weighted by Gasteiger charge is -2.35. The summed E-state index contributed by atoms with van der Waals surface area (Å²) >= 11 is 0. The van der Waals surface area contributed by atoms with Gasteiger partial charge in [-0.3, -0.25) is 10.0 Å². The molecule has 1 aromatic carbocycles. The minimum absolute atomic E-state index is 0.127. The average Bonchev–Trinajstić information content (AvgIpc) is 2.67. The molecule has 1 aliphatic rings. The van der Waals surface area contributed by atoms with E-state index in [-0.39, 0.29) is 11.5 Å². The largest absolute Gasteiger partial charge is 0.481 e. The molecule has 142 valence electrons. The monoisotopic (exact) mass is 380 g/mol. The van der Waals surface area contributed by atoms with Gasteiger partial charge in [0.25, 0.3) is 0 Å². The number of sulfonamides is 1. The lowest BCUT2D eigenvalue weighted by atomic mass is 9.84. The van der Waals surface area contributed by atoms with E-state index in [0.717, 1.165) is 12.8 Å². The normalized spacial score (nSPS) is 20.2. The second-order valence-electron chi connectivity index (χ2n) is 6.14. The second kappa shape index (κ2) is 9.03. The number of rotatable bonds is 6. The first kappa shape index (κ1) is 20.2. The molecular formula is C18H24N2O5S. The van der Waals surface area contributed by atoms with Crippen LogP contribution in [0.25, 0.3) is 0 Å². The van der Waals surface area contributed by atoms with E-state index in [1.54, 1.807) is 24.5 Å². The molecule has 7 nitrogen and oxygen atoms in total. The summed E-state index contributed by atoms with van der Waals surface area (Å²) < 4.78 is 32.5. The molecule has 0 bridgehead atoms. The number of carbonyl (C=O) groups excluding carboxylic acids is 1. The number of hydroxylamine groups is 1. The van der Waals surface area contributed by atoms with Gasteiger partial charge in [0.2, 0.25) is 15.9 Å². The number of ether oxygens (including phenoxy) is 1. The number of hydrogen-bond acceptors (Lipinski definition) is 5. The molecule has 8 heteroatoms. The first-order valence-corrected chi connectivity index (χ1v) is 9.90. The number of amides is 1. The van der Waals surface area contributed by atoms with Crippen LogP contribution in [0.1, 0.15) is 32.6 Å². The minimum Gasteiger partial charge on any atom is -0.481 e. The summed E-state index contributed by atoms with van der Waals surface area (Å²) in [6, 6.07) is 5.62. The molecule has 2 rings (SSSR count). The smallest absolute Gasteiger partial charge is 0.248 e. The predicted octanol–water partition coefficient (Wildman–Crippen LogP) is 1.77. The third kappa shape index (κ3) is 4.55. The van der Waals surface area contributed by atoms with Crippen molar-refractivity contribution in [2.75, 3.05) is 13.7 Å². The maximum Gasteiger partial charge on any atom is 0.248 e. The molecule has 26 heavy (non-hydrogen) atoms. The molecule has 1 amide bonds. The van der Waals surface area contributed by atoms with E-state index < -0.39 is 27.9 Å². The number of benzene rings is 1. The standard InChI is InChI=1S/C18H24N2O5S/c1-3-4-13-25-14-9-11-15(12-10-14)26(23,24)20(2)17-8-6-5-7-16(17)18(21)19-22/h9-12,16-17,22H,5-8,13H2,1-2H3,(H,19,21). The molecule has 1 aliphatic carbocycles. The van der Waals surface area contributed by atoms with Crippen molar-refractivity contribution in [3.8, 4) is 17.6 Å². The van der Waals surface area contributed by atoms with Gasteiger partial charge in [-0.15, -0.1) is 5.92 Å². The van der Waals surface area contributed by atoms with Crippen LogP contribution in [0.15, 0.2) is 29.2 Å². The van der Waals surface area contributed by atoms with Gasteiger partial charge in [0, 0.05) is 13.1 Å². The van der Waals surface area contributed by atoms with Crippen LogP contribution in [0.2, 0.25) is 0 Å². The molecule has 0 spiro atoms. The molecule has 1 fully saturated rings. The Labute approximate surface area is 154 Å². The number of carbonyl (C=O) groups is 1. The Morgan fingerprint density at radius 2 is 1.96 bits per heavy atom. The summed E-state index contributed by atoms with van der Waals surface area (Å²) in [6.45, 7) is 1.95. The fraction of sp³-hybridized carbons (Fsp3) is 0.500. The molecule has 0 saturated heterocycles. The molecule has 0 aliphatic heterocycles. The van der Waals surface area contributed by atoms with Crippen molar-refractivity contribution in [2.45, 2.75) is 43.5 Å². The summed E-state index contributed by atoms with van der Waals surface area (Å²) in [5.41, 5.74) is 1.65. The zero-order valence-electron chi connectivity index (χ0n) is 14.9. The minimum atomic E-state index is -3.77. The summed E-state index contributed by atoms with van der Waals surface area (Å²) in [7, 11) is -2.29. The highest BCUT2D eigenvalue weighted by molar-refractivity contribution is 7.89. The fourth-order valence-electron chi connectivity index (χ4n) is 3.18. The van der Waals surface area contributed by atoms with Gasteiger partial charge < -0.3 is 4.74 Å². The van der Waals surface area contributed by atoms with Crippen molar-refractivity contribution in [1.82, 2.24) is 9.79 Å². The fourth-order valence-corrected chi connectivity index (χ4v) is 4.60. The van der Waals surface area contributed by atoms with Crippen LogP contribution >= 0.6 is 0 Å². The molecule has 0 aromatic heterocycles. The second-order valence-corrected chi connectivity index (χ2v) is 8.14. The van der Waals surface area contributed by atoms with Crippen molar-refractivity contribution >= 4 is 15.9 Å². The van der Waals surface area contributed by atoms with Gasteiger partial charge in [-0.05, 0) is 44.0 Å². The van der Waals surface area contributed by atoms with Crippen molar-refractivity contribution in [2.24, 2.45) is 5.92 Å². The lowest BCUT2D eigenvalue weighted by molar-refractivity contribution is -0.136. The number of nitrogens with zero attached hydrogens (tertiary/aromatic N) is 1. The molecule has 1 aromatic rings. The maximum atomic E-state index is 12.9. The Kier molecular flexibility index (Phi) is 7.03. The zero-order chi connectivity index (χ0) is 19.2. The number of hydrogen-bond donors (Lipinski definition) is 2. The van der Waals surface area contributed by atoms with Gasteiger partial charge in [-0.1, -0.05) is 18.8 Å². The van der Waals surface area contributed by atoms with Crippen LogP contribution in [0.3, 0.4) is 0 Å². The first-order valence-electron chi connectivity index (χ1n) is 8.46. The predicted molar refractivity (Wildman–Crippen MR) is 96.0 cm³/mol. The molecule has 0 heterocycles. The molecule has 2 atom stereocenters. The first-order chi connectivity index (χ1) is 12.4. The Bertz CT molecular complexity index is 780. The molecule has 2 N–H and O–H groups in total. The Morgan fingerprint density at radius 3 is 2.58 bits per heavy atom. The van der Waals surface area contributed by atoms with Crippen molar-refractivity contribution in [3.05, 3.63) is 24.3 Å². The van der Waals surface area contributed by atoms with Crippen LogP contribution in [-0.4, -0.2) is 43.5 Å². The Balaban J connectivity index is 2.19. The number of nitrogens with one attached hydrogen (secondary N) is 1. The van der Waals surface area contributed by atoms with Gasteiger partial charge in [0.05, 0.1) is 10.8 Å². The highest BCUT2D eigenvalue weighted by Gasteiger charge is 2.38. The van der Waals surface area contributed by atoms with Crippen LogP contribution in [-0.2, 0) is 14.8 Å². The average molecular weight is 380 g/mol. The van der Waals surface area contributed by atoms with Crippen molar-refractivity contribution in [3.63, 3.8) is 0 Å². The lowest BCUT2D eigenvalue weighted by Crippen LogP contribution is -2.48. The van der Waals surface area contributed by atoms with Crippen LogP contribution < -0.4 is 10.2 Å². The van der Waals surface area contributed by atoms with E-state index in [4.69, 9.17) is 9.94 Å². The Morgan fingerprint density at radius 1 is 1.31 bits per heavy atom. The van der Waals surface area contributed by atoms with Crippen LogP contribution in [0, 0.1) is 17.8 Å². The molecule has 2 unspecified atom stereocenters. The third-order valence-corrected chi connectivity index (χ3v) is 6.53. The summed E-state index contributed by atoms with van der Waals surface area (Å²) in [5, 5.41) is 8.93. The molecular weight excluding hydrogens is 356 g/mol. The van der Waals surface area contributed by atoms with Gasteiger partial charge in [0.15, 0.2) is 0 Å². The van der Waals surface area contributed by atoms with Crippen molar-refractivity contribution < 1.29 is 23.2 Å². The van der Waals surface area contributed by atoms with E-state index in [0.29, 0.717) is 18.6 Å². The van der Waals surface area contributed by atoms with Gasteiger partial charge in [-0.25, -0.2) is 13.9 Å². The SMILES string of the molecule is CC#CCOc1ccc(S(=O)(=O)N(C)C2CCCCC2C(=O)NO)cc1. The maximum absolute atomic E-state index is 12.9. The van der Waals surface area contributed by atoms with Gasteiger partial charge in [-0.2, -0.15) is 4.31 Å². The van der Waals surface area contributed by atoms with Crippen LogP contribution in [0.4, 0.5) is 0 Å². The topological polar surface area (TPSA) is 95.9 Å². The zero-order valence-corrected chi connectivity index (χ0v) is 15.8.